The Morgan fingerprint density at radius 1 is 0.773 bits per heavy atom. The van der Waals surface area contributed by atoms with Crippen LogP contribution in [0.1, 0.15) is 16.7 Å². The van der Waals surface area contributed by atoms with Crippen molar-refractivity contribution in [3.63, 3.8) is 0 Å². The maximum atomic E-state index is 13.7. The van der Waals surface area contributed by atoms with Gasteiger partial charge in [0.1, 0.15) is 5.82 Å². The molecule has 0 aromatic heterocycles. The van der Waals surface area contributed by atoms with Crippen molar-refractivity contribution in [2.75, 3.05) is 0 Å². The lowest BCUT2D eigenvalue weighted by Crippen LogP contribution is -1.87. The summed E-state index contributed by atoms with van der Waals surface area (Å²) < 4.78 is 40.5. The monoisotopic (exact) mass is 296 g/mol. The Morgan fingerprint density at radius 2 is 1.59 bits per heavy atom. The Kier molecular flexibility index (Phi) is 3.60. The standard InChI is InChI=1S/C19H11F3/c1-12-2-5-14(18(21)10-12)6-3-13-4-8-16-15(11-13)7-9-17(20)19(16)22/h2,4-5,7-11H,1H3. The van der Waals surface area contributed by atoms with Gasteiger partial charge in [-0.05, 0) is 48.2 Å². The lowest BCUT2D eigenvalue weighted by Gasteiger charge is -2.01. The number of hydrogen-bond acceptors (Lipinski definition) is 0. The van der Waals surface area contributed by atoms with E-state index < -0.39 is 11.6 Å². The third kappa shape index (κ3) is 2.68. The Labute approximate surface area is 126 Å². The average Bonchev–Trinajstić information content (AvgIpc) is 2.50. The summed E-state index contributed by atoms with van der Waals surface area (Å²) in [5.74, 6) is 3.47. The van der Waals surface area contributed by atoms with Gasteiger partial charge in [-0.2, -0.15) is 0 Å². The summed E-state index contributed by atoms with van der Waals surface area (Å²) in [5, 5.41) is 0.752. The first kappa shape index (κ1) is 14.2. The van der Waals surface area contributed by atoms with Crippen molar-refractivity contribution >= 4 is 10.8 Å². The van der Waals surface area contributed by atoms with Gasteiger partial charge in [-0.1, -0.05) is 30.0 Å². The molecule has 108 valence electrons. The van der Waals surface area contributed by atoms with E-state index in [0.717, 1.165) is 11.6 Å². The fourth-order valence-electron chi connectivity index (χ4n) is 2.20. The van der Waals surface area contributed by atoms with Crippen LogP contribution in [-0.2, 0) is 0 Å². The fourth-order valence-corrected chi connectivity index (χ4v) is 2.20. The van der Waals surface area contributed by atoms with Crippen molar-refractivity contribution < 1.29 is 13.2 Å². The zero-order valence-electron chi connectivity index (χ0n) is 11.8. The molecule has 0 atom stereocenters. The predicted molar refractivity (Wildman–Crippen MR) is 81.0 cm³/mol. The molecule has 0 nitrogen and oxygen atoms in total. The average molecular weight is 296 g/mol. The highest BCUT2D eigenvalue weighted by molar-refractivity contribution is 5.84. The molecule has 0 aliphatic heterocycles. The number of rotatable bonds is 0. The minimum atomic E-state index is -0.881. The molecule has 0 bridgehead atoms. The molecule has 3 aromatic carbocycles. The third-order valence-corrected chi connectivity index (χ3v) is 3.37. The van der Waals surface area contributed by atoms with Gasteiger partial charge in [-0.3, -0.25) is 0 Å². The van der Waals surface area contributed by atoms with E-state index in [0.29, 0.717) is 16.5 Å². The maximum absolute atomic E-state index is 13.7. The van der Waals surface area contributed by atoms with Gasteiger partial charge < -0.3 is 0 Å². The van der Waals surface area contributed by atoms with Crippen LogP contribution in [0, 0.1) is 36.2 Å². The van der Waals surface area contributed by atoms with Gasteiger partial charge in [0, 0.05) is 10.9 Å². The van der Waals surface area contributed by atoms with Gasteiger partial charge in [0.15, 0.2) is 11.6 Å². The van der Waals surface area contributed by atoms with Gasteiger partial charge in [0.05, 0.1) is 5.56 Å². The van der Waals surface area contributed by atoms with E-state index in [2.05, 4.69) is 11.8 Å². The molecule has 0 fully saturated rings. The molecule has 0 spiro atoms. The SMILES string of the molecule is Cc1ccc(C#Cc2ccc3c(F)c(F)ccc3c2)c(F)c1. The first-order chi connectivity index (χ1) is 10.5. The molecule has 0 N–H and O–H groups in total. The normalized spacial score (nSPS) is 10.4. The van der Waals surface area contributed by atoms with Gasteiger partial charge in [-0.25, -0.2) is 13.2 Å². The molecular weight excluding hydrogens is 285 g/mol. The highest BCUT2D eigenvalue weighted by Gasteiger charge is 2.06. The number of aryl methyl sites for hydroxylation is 1. The second-order valence-electron chi connectivity index (χ2n) is 5.03. The van der Waals surface area contributed by atoms with Crippen molar-refractivity contribution in [1.29, 1.82) is 0 Å². The van der Waals surface area contributed by atoms with E-state index in [1.807, 2.05) is 0 Å². The topological polar surface area (TPSA) is 0 Å². The molecule has 0 aliphatic rings. The van der Waals surface area contributed by atoms with E-state index in [1.165, 1.54) is 18.2 Å². The third-order valence-electron chi connectivity index (χ3n) is 3.37. The van der Waals surface area contributed by atoms with Crippen LogP contribution in [0.25, 0.3) is 10.8 Å². The predicted octanol–water partition coefficient (Wildman–Crippen LogP) is 4.97. The molecule has 0 unspecified atom stereocenters. The molecule has 0 radical (unpaired) electrons. The highest BCUT2D eigenvalue weighted by atomic mass is 19.2. The van der Waals surface area contributed by atoms with Crippen LogP contribution in [0.15, 0.2) is 48.5 Å². The molecule has 3 heteroatoms. The van der Waals surface area contributed by atoms with E-state index in [9.17, 15) is 13.2 Å². The minimum absolute atomic E-state index is 0.201. The molecule has 0 heterocycles. The maximum Gasteiger partial charge on any atom is 0.166 e. The number of fused-ring (bicyclic) bond motifs is 1. The second-order valence-corrected chi connectivity index (χ2v) is 5.03. The van der Waals surface area contributed by atoms with E-state index in [4.69, 9.17) is 0 Å². The summed E-state index contributed by atoms with van der Waals surface area (Å²) in [6.07, 6.45) is 0. The van der Waals surface area contributed by atoms with Crippen LogP contribution < -0.4 is 0 Å². The van der Waals surface area contributed by atoms with Crippen molar-refractivity contribution in [3.05, 3.63) is 82.7 Å². The van der Waals surface area contributed by atoms with Crippen LogP contribution in [0.2, 0.25) is 0 Å². The molecule has 22 heavy (non-hydrogen) atoms. The van der Waals surface area contributed by atoms with E-state index in [-0.39, 0.29) is 11.2 Å². The van der Waals surface area contributed by atoms with E-state index >= 15 is 0 Å². The fraction of sp³-hybridized carbons (Fsp3) is 0.0526. The van der Waals surface area contributed by atoms with Crippen molar-refractivity contribution in [3.8, 4) is 11.8 Å². The lowest BCUT2D eigenvalue weighted by atomic mass is 10.1. The van der Waals surface area contributed by atoms with Gasteiger partial charge in [0.25, 0.3) is 0 Å². The molecule has 0 amide bonds. The smallest absolute Gasteiger partial charge is 0.166 e. The summed E-state index contributed by atoms with van der Waals surface area (Å²) in [6, 6.07) is 12.1. The number of hydrogen-bond donors (Lipinski definition) is 0. The summed E-state index contributed by atoms with van der Waals surface area (Å²) in [7, 11) is 0. The van der Waals surface area contributed by atoms with Crippen LogP contribution in [0.3, 0.4) is 0 Å². The van der Waals surface area contributed by atoms with Gasteiger partial charge >= 0.3 is 0 Å². The van der Waals surface area contributed by atoms with Crippen molar-refractivity contribution in [1.82, 2.24) is 0 Å². The summed E-state index contributed by atoms with van der Waals surface area (Å²) in [4.78, 5) is 0. The van der Waals surface area contributed by atoms with Crippen LogP contribution in [-0.4, -0.2) is 0 Å². The summed E-state index contributed by atoms with van der Waals surface area (Å²) >= 11 is 0. The summed E-state index contributed by atoms with van der Waals surface area (Å²) in [5.41, 5.74) is 1.74. The molecule has 0 saturated carbocycles. The number of benzene rings is 3. The van der Waals surface area contributed by atoms with E-state index in [1.54, 1.807) is 31.2 Å². The zero-order chi connectivity index (χ0) is 15.7. The second kappa shape index (κ2) is 5.57. The molecule has 3 aromatic rings. The number of halogens is 3. The first-order valence-electron chi connectivity index (χ1n) is 6.70. The quantitative estimate of drug-likeness (QED) is 0.514. The first-order valence-corrected chi connectivity index (χ1v) is 6.70. The molecular formula is C19H11F3. The minimum Gasteiger partial charge on any atom is -0.206 e. The Morgan fingerprint density at radius 3 is 2.36 bits per heavy atom. The lowest BCUT2D eigenvalue weighted by molar-refractivity contribution is 0.517. The van der Waals surface area contributed by atoms with Gasteiger partial charge in [-0.15, -0.1) is 0 Å². The highest BCUT2D eigenvalue weighted by Crippen LogP contribution is 2.21. The summed E-state index contributed by atoms with van der Waals surface area (Å²) in [6.45, 7) is 1.80. The van der Waals surface area contributed by atoms with Crippen molar-refractivity contribution in [2.24, 2.45) is 0 Å². The molecule has 0 aliphatic carbocycles. The zero-order valence-corrected chi connectivity index (χ0v) is 11.8. The Balaban J connectivity index is 2.02. The van der Waals surface area contributed by atoms with Crippen LogP contribution >= 0.6 is 0 Å². The van der Waals surface area contributed by atoms with Gasteiger partial charge in [0.2, 0.25) is 0 Å². The van der Waals surface area contributed by atoms with Crippen LogP contribution in [0.4, 0.5) is 13.2 Å². The van der Waals surface area contributed by atoms with Crippen LogP contribution in [0.5, 0.6) is 0 Å². The Hall–Kier alpha value is -2.73. The molecule has 3 rings (SSSR count). The largest absolute Gasteiger partial charge is 0.206 e. The Bertz CT molecular complexity index is 931. The molecule has 0 saturated heterocycles. The van der Waals surface area contributed by atoms with Crippen molar-refractivity contribution in [2.45, 2.75) is 6.92 Å².